The highest BCUT2D eigenvalue weighted by molar-refractivity contribution is 5.76. The summed E-state index contributed by atoms with van der Waals surface area (Å²) >= 11 is 0. The highest BCUT2D eigenvalue weighted by atomic mass is 16.7. The molecular weight excluding hydrogens is 779 g/mol. The first-order valence-electron chi connectivity index (χ1n) is 24.8. The highest BCUT2D eigenvalue weighted by Crippen LogP contribution is 2.23. The fourth-order valence-corrected chi connectivity index (χ4v) is 7.32. The fourth-order valence-electron chi connectivity index (χ4n) is 7.32. The predicted molar refractivity (Wildman–Crippen MR) is 258 cm³/mol. The first-order valence-corrected chi connectivity index (χ1v) is 24.8. The molecule has 0 spiro atoms. The van der Waals surface area contributed by atoms with Crippen molar-refractivity contribution in [3.05, 3.63) is 85.1 Å². The van der Waals surface area contributed by atoms with Gasteiger partial charge in [0.2, 0.25) is 5.91 Å². The molecule has 1 aliphatic rings. The molecule has 0 radical (unpaired) electrons. The number of allylic oxidation sites excluding steroid dienone is 14. The molecule has 62 heavy (non-hydrogen) atoms. The van der Waals surface area contributed by atoms with Crippen LogP contribution < -0.4 is 5.32 Å². The Bertz CT molecular complexity index is 1240. The molecule has 1 heterocycles. The summed E-state index contributed by atoms with van der Waals surface area (Å²) in [5.74, 6) is -0.162. The van der Waals surface area contributed by atoms with Gasteiger partial charge in [0.1, 0.15) is 24.4 Å². The van der Waals surface area contributed by atoms with E-state index in [1.165, 1.54) is 64.2 Å². The summed E-state index contributed by atoms with van der Waals surface area (Å²) in [4.78, 5) is 13.0. The van der Waals surface area contributed by atoms with Crippen LogP contribution in [-0.2, 0) is 14.3 Å². The molecule has 9 heteroatoms. The van der Waals surface area contributed by atoms with Crippen LogP contribution in [0.1, 0.15) is 187 Å². The summed E-state index contributed by atoms with van der Waals surface area (Å²) in [5, 5.41) is 54.3. The normalized spacial score (nSPS) is 21.0. The number of hydrogen-bond donors (Lipinski definition) is 6. The van der Waals surface area contributed by atoms with E-state index in [1.54, 1.807) is 0 Å². The topological polar surface area (TPSA) is 149 Å². The van der Waals surface area contributed by atoms with E-state index >= 15 is 0 Å². The van der Waals surface area contributed by atoms with Crippen molar-refractivity contribution >= 4 is 5.91 Å². The van der Waals surface area contributed by atoms with Crippen molar-refractivity contribution in [3.63, 3.8) is 0 Å². The van der Waals surface area contributed by atoms with Gasteiger partial charge in [-0.25, -0.2) is 0 Å². The largest absolute Gasteiger partial charge is 0.394 e. The van der Waals surface area contributed by atoms with E-state index in [0.29, 0.717) is 12.8 Å². The maximum atomic E-state index is 13.0. The lowest BCUT2D eigenvalue weighted by Gasteiger charge is -2.40. The van der Waals surface area contributed by atoms with Gasteiger partial charge in [-0.2, -0.15) is 0 Å². The van der Waals surface area contributed by atoms with E-state index < -0.39 is 49.5 Å². The third-order valence-electron chi connectivity index (χ3n) is 11.3. The Morgan fingerprint density at radius 2 is 1.00 bits per heavy atom. The molecule has 7 atom stereocenters. The number of carbonyl (C=O) groups is 1. The van der Waals surface area contributed by atoms with Gasteiger partial charge in [0.25, 0.3) is 0 Å². The average molecular weight is 870 g/mol. The van der Waals surface area contributed by atoms with Crippen molar-refractivity contribution in [3.8, 4) is 0 Å². The first-order chi connectivity index (χ1) is 30.3. The number of hydrogen-bond acceptors (Lipinski definition) is 8. The zero-order valence-corrected chi connectivity index (χ0v) is 39.1. The summed E-state index contributed by atoms with van der Waals surface area (Å²) in [5.41, 5.74) is 0. The monoisotopic (exact) mass is 870 g/mol. The Hall–Kier alpha value is -2.63. The molecule has 1 saturated heterocycles. The zero-order chi connectivity index (χ0) is 45.1. The quantitative estimate of drug-likeness (QED) is 0.0263. The molecule has 1 aliphatic heterocycles. The number of aliphatic hydroxyl groups is 5. The van der Waals surface area contributed by atoms with Crippen LogP contribution in [0.15, 0.2) is 85.1 Å². The number of carbonyl (C=O) groups excluding carboxylic acids is 1. The minimum atomic E-state index is -1.56. The summed E-state index contributed by atoms with van der Waals surface area (Å²) in [6.45, 7) is 3.68. The second kappa shape index (κ2) is 42.3. The summed E-state index contributed by atoms with van der Waals surface area (Å²) < 4.78 is 11.2. The van der Waals surface area contributed by atoms with E-state index in [2.05, 4.69) is 104 Å². The standard InChI is InChI=1S/C53H91NO8/c1-3-5-7-9-11-13-15-16-17-18-19-20-21-22-23-24-25-26-27-28-29-30-31-32-33-35-37-39-41-43-49(57)54-46(45-61-53-52(60)51(59)50(58)48(44-55)62-53)47(56)42-40-38-36-34-14-12-10-8-6-4-2/h5,7,11,13,16-17,19-20,22-23,25-26,28-29,46-48,50-53,55-56,58-60H,3-4,6,8-10,12,14-15,18,21,24,27,30-45H2,1-2H3,(H,54,57)/b7-5-,13-11-,17-16-,20-19-,23-22-,26-25-,29-28-. The van der Waals surface area contributed by atoms with Gasteiger partial charge in [0.05, 0.1) is 25.4 Å². The lowest BCUT2D eigenvalue weighted by Crippen LogP contribution is -2.60. The molecule has 0 aromatic carbocycles. The molecule has 1 rings (SSSR count). The van der Waals surface area contributed by atoms with E-state index in [4.69, 9.17) is 9.47 Å². The van der Waals surface area contributed by atoms with E-state index in [9.17, 15) is 30.3 Å². The van der Waals surface area contributed by atoms with Crippen molar-refractivity contribution in [1.29, 1.82) is 0 Å². The summed E-state index contributed by atoms with van der Waals surface area (Å²) in [7, 11) is 0. The maximum absolute atomic E-state index is 13.0. The van der Waals surface area contributed by atoms with Gasteiger partial charge in [0, 0.05) is 6.42 Å². The Labute approximate surface area is 378 Å². The maximum Gasteiger partial charge on any atom is 0.220 e. The Morgan fingerprint density at radius 3 is 1.48 bits per heavy atom. The number of nitrogens with one attached hydrogen (secondary N) is 1. The smallest absolute Gasteiger partial charge is 0.220 e. The molecule has 0 aliphatic carbocycles. The fraction of sp³-hybridized carbons (Fsp3) is 0.717. The number of rotatable bonds is 40. The molecule has 356 valence electrons. The number of aliphatic hydroxyl groups excluding tert-OH is 5. The van der Waals surface area contributed by atoms with Gasteiger partial charge in [-0.05, 0) is 70.6 Å². The average Bonchev–Trinajstić information content (AvgIpc) is 3.27. The molecule has 6 N–H and O–H groups in total. The van der Waals surface area contributed by atoms with Crippen LogP contribution in [0, 0.1) is 0 Å². The SMILES string of the molecule is CC/C=C\C/C=C\C/C=C\C/C=C\C/C=C\C/C=C\C/C=C\CCCCCCCCCC(=O)NC(COC1OC(CO)C(O)C(O)C1O)C(O)CCCCCCCCCCCC. The first kappa shape index (κ1) is 57.4. The van der Waals surface area contributed by atoms with Crippen molar-refractivity contribution in [2.75, 3.05) is 13.2 Å². The molecule has 0 saturated carbocycles. The predicted octanol–water partition coefficient (Wildman–Crippen LogP) is 11.1. The van der Waals surface area contributed by atoms with Crippen molar-refractivity contribution in [2.45, 2.75) is 230 Å². The Kier molecular flexibility index (Phi) is 39.2. The van der Waals surface area contributed by atoms with Crippen LogP contribution in [-0.4, -0.2) is 87.5 Å². The van der Waals surface area contributed by atoms with Gasteiger partial charge in [-0.1, -0.05) is 195 Å². The molecule has 0 aromatic rings. The number of unbranched alkanes of at least 4 members (excludes halogenated alkanes) is 16. The summed E-state index contributed by atoms with van der Waals surface area (Å²) in [6, 6.07) is -0.729. The van der Waals surface area contributed by atoms with Crippen LogP contribution in [0.5, 0.6) is 0 Å². The lowest BCUT2D eigenvalue weighted by atomic mass is 9.99. The third kappa shape index (κ3) is 32.1. The minimum Gasteiger partial charge on any atom is -0.394 e. The third-order valence-corrected chi connectivity index (χ3v) is 11.3. The highest BCUT2D eigenvalue weighted by Gasteiger charge is 2.44. The Balaban J connectivity index is 2.22. The molecular formula is C53H91NO8. The van der Waals surface area contributed by atoms with Crippen molar-refractivity contribution in [2.24, 2.45) is 0 Å². The second-order valence-electron chi connectivity index (χ2n) is 16.9. The summed E-state index contributed by atoms with van der Waals surface area (Å²) in [6.07, 6.45) is 51.7. The van der Waals surface area contributed by atoms with Gasteiger partial charge in [-0.3, -0.25) is 4.79 Å². The molecule has 1 fully saturated rings. The lowest BCUT2D eigenvalue weighted by molar-refractivity contribution is -0.302. The van der Waals surface area contributed by atoms with Crippen molar-refractivity contribution < 1.29 is 39.8 Å². The van der Waals surface area contributed by atoms with E-state index in [1.807, 2.05) is 0 Å². The van der Waals surface area contributed by atoms with Gasteiger partial charge < -0.3 is 40.3 Å². The van der Waals surface area contributed by atoms with Crippen LogP contribution in [0.4, 0.5) is 0 Å². The molecule has 1 amide bonds. The van der Waals surface area contributed by atoms with Gasteiger partial charge in [-0.15, -0.1) is 0 Å². The van der Waals surface area contributed by atoms with Gasteiger partial charge in [0.15, 0.2) is 6.29 Å². The molecule has 0 bridgehead atoms. The van der Waals surface area contributed by atoms with Crippen LogP contribution >= 0.6 is 0 Å². The number of amides is 1. The minimum absolute atomic E-state index is 0.148. The van der Waals surface area contributed by atoms with Gasteiger partial charge >= 0.3 is 0 Å². The molecule has 7 unspecified atom stereocenters. The molecule has 0 aromatic heterocycles. The second-order valence-corrected chi connectivity index (χ2v) is 16.9. The Morgan fingerprint density at radius 1 is 0.565 bits per heavy atom. The van der Waals surface area contributed by atoms with Crippen LogP contribution in [0.25, 0.3) is 0 Å². The van der Waals surface area contributed by atoms with E-state index in [0.717, 1.165) is 96.3 Å². The van der Waals surface area contributed by atoms with Crippen LogP contribution in [0.3, 0.4) is 0 Å². The van der Waals surface area contributed by atoms with E-state index in [-0.39, 0.29) is 12.5 Å². The zero-order valence-electron chi connectivity index (χ0n) is 39.1. The van der Waals surface area contributed by atoms with Crippen LogP contribution in [0.2, 0.25) is 0 Å². The van der Waals surface area contributed by atoms with Crippen molar-refractivity contribution in [1.82, 2.24) is 5.32 Å². The molecule has 9 nitrogen and oxygen atoms in total. The number of ether oxygens (including phenoxy) is 2.